The number of esters is 1. The maximum atomic E-state index is 11.4. The summed E-state index contributed by atoms with van der Waals surface area (Å²) in [4.78, 5) is 11.4. The molecule has 0 aliphatic heterocycles. The van der Waals surface area contributed by atoms with Crippen LogP contribution in [-0.4, -0.2) is 11.6 Å². The van der Waals surface area contributed by atoms with Crippen LogP contribution in [0.3, 0.4) is 0 Å². The van der Waals surface area contributed by atoms with E-state index in [9.17, 15) is 4.79 Å². The molecule has 2 fully saturated rings. The molecule has 2 heteroatoms. The van der Waals surface area contributed by atoms with Crippen LogP contribution in [0.1, 0.15) is 40.0 Å². The van der Waals surface area contributed by atoms with Crippen molar-refractivity contribution in [1.82, 2.24) is 0 Å². The molecule has 0 spiro atoms. The normalized spacial score (nSPS) is 41.5. The molecule has 15 heavy (non-hydrogen) atoms. The highest BCUT2D eigenvalue weighted by Crippen LogP contribution is 2.63. The molecule has 3 unspecified atom stereocenters. The molecule has 0 aromatic rings. The third-order valence-electron chi connectivity index (χ3n) is 4.99. The van der Waals surface area contributed by atoms with E-state index in [0.29, 0.717) is 5.92 Å². The maximum absolute atomic E-state index is 11.4. The summed E-state index contributed by atoms with van der Waals surface area (Å²) in [6, 6.07) is 0. The Morgan fingerprint density at radius 2 is 2.20 bits per heavy atom. The van der Waals surface area contributed by atoms with Crippen LogP contribution in [0.15, 0.2) is 12.7 Å². The number of hydrogen-bond donors (Lipinski definition) is 0. The van der Waals surface area contributed by atoms with Gasteiger partial charge in [0.05, 0.1) is 0 Å². The van der Waals surface area contributed by atoms with Gasteiger partial charge >= 0.3 is 5.97 Å². The first-order chi connectivity index (χ1) is 6.93. The quantitative estimate of drug-likeness (QED) is 0.515. The van der Waals surface area contributed by atoms with Crippen molar-refractivity contribution < 1.29 is 9.53 Å². The van der Waals surface area contributed by atoms with Gasteiger partial charge in [-0.2, -0.15) is 0 Å². The van der Waals surface area contributed by atoms with E-state index in [-0.39, 0.29) is 17.0 Å². The van der Waals surface area contributed by atoms with Crippen LogP contribution >= 0.6 is 0 Å². The summed E-state index contributed by atoms with van der Waals surface area (Å²) in [5.41, 5.74) is -0.114. The Morgan fingerprint density at radius 3 is 2.67 bits per heavy atom. The van der Waals surface area contributed by atoms with Gasteiger partial charge in [-0.15, -0.1) is 0 Å². The van der Waals surface area contributed by atoms with Crippen molar-refractivity contribution in [2.75, 3.05) is 0 Å². The highest BCUT2D eigenvalue weighted by Gasteiger charge is 2.63. The molecule has 0 heterocycles. The molecule has 0 amide bonds. The summed E-state index contributed by atoms with van der Waals surface area (Å²) in [6.45, 7) is 10.2. The van der Waals surface area contributed by atoms with Crippen LogP contribution in [0, 0.1) is 17.3 Å². The van der Waals surface area contributed by atoms with Crippen LogP contribution in [0.4, 0.5) is 0 Å². The van der Waals surface area contributed by atoms with Gasteiger partial charge in [-0.3, -0.25) is 0 Å². The second-order valence-corrected chi connectivity index (χ2v) is 5.63. The van der Waals surface area contributed by atoms with Gasteiger partial charge in [0.2, 0.25) is 0 Å². The number of rotatable bonds is 2. The van der Waals surface area contributed by atoms with E-state index in [1.165, 1.54) is 12.5 Å². The molecule has 2 bridgehead atoms. The molecule has 2 aliphatic carbocycles. The van der Waals surface area contributed by atoms with Crippen molar-refractivity contribution in [1.29, 1.82) is 0 Å². The minimum absolute atomic E-state index is 0.106. The summed E-state index contributed by atoms with van der Waals surface area (Å²) in [5.74, 6) is 1.11. The molecule has 2 aliphatic rings. The van der Waals surface area contributed by atoms with Gasteiger partial charge in [0.1, 0.15) is 5.60 Å². The molecule has 0 saturated heterocycles. The third-order valence-corrected chi connectivity index (χ3v) is 4.99. The molecule has 0 N–H and O–H groups in total. The van der Waals surface area contributed by atoms with E-state index in [1.807, 2.05) is 0 Å². The summed E-state index contributed by atoms with van der Waals surface area (Å²) < 4.78 is 5.67. The average Bonchev–Trinajstić information content (AvgIpc) is 2.67. The molecular weight excluding hydrogens is 188 g/mol. The van der Waals surface area contributed by atoms with Gasteiger partial charge in [-0.05, 0) is 31.1 Å². The third kappa shape index (κ3) is 1.27. The molecule has 0 radical (unpaired) electrons. The van der Waals surface area contributed by atoms with Crippen molar-refractivity contribution in [2.45, 2.75) is 45.6 Å². The van der Waals surface area contributed by atoms with Crippen LogP contribution in [0.2, 0.25) is 0 Å². The number of carbonyl (C=O) groups is 1. The predicted octanol–water partition coefficient (Wildman–Crippen LogP) is 2.93. The fourth-order valence-corrected chi connectivity index (χ4v) is 3.52. The Morgan fingerprint density at radius 1 is 1.53 bits per heavy atom. The smallest absolute Gasteiger partial charge is 0.330 e. The van der Waals surface area contributed by atoms with Crippen LogP contribution in [0.5, 0.6) is 0 Å². The Hall–Kier alpha value is -0.790. The lowest BCUT2D eigenvalue weighted by molar-refractivity contribution is -0.167. The van der Waals surface area contributed by atoms with Crippen molar-refractivity contribution in [3.63, 3.8) is 0 Å². The Bertz CT molecular complexity index is 306. The standard InChI is InChI=1S/C13H20O2/c1-5-11(14)15-13-7-6-10(8-13)9(2)12(13,3)4/h5,9-10H,1,6-8H2,2-4H3. The highest BCUT2D eigenvalue weighted by molar-refractivity contribution is 5.81. The van der Waals surface area contributed by atoms with E-state index >= 15 is 0 Å². The van der Waals surface area contributed by atoms with E-state index in [0.717, 1.165) is 18.8 Å². The van der Waals surface area contributed by atoms with Crippen LogP contribution in [-0.2, 0) is 9.53 Å². The Balaban J connectivity index is 2.27. The number of hydrogen-bond acceptors (Lipinski definition) is 2. The summed E-state index contributed by atoms with van der Waals surface area (Å²) >= 11 is 0. The van der Waals surface area contributed by atoms with Crippen molar-refractivity contribution >= 4 is 5.97 Å². The van der Waals surface area contributed by atoms with Crippen LogP contribution < -0.4 is 0 Å². The van der Waals surface area contributed by atoms with E-state index in [4.69, 9.17) is 4.74 Å². The van der Waals surface area contributed by atoms with Gasteiger partial charge in [-0.25, -0.2) is 4.79 Å². The van der Waals surface area contributed by atoms with E-state index in [2.05, 4.69) is 27.4 Å². The fraction of sp³-hybridized carbons (Fsp3) is 0.769. The zero-order valence-corrected chi connectivity index (χ0v) is 9.88. The molecule has 2 rings (SSSR count). The summed E-state index contributed by atoms with van der Waals surface area (Å²) in [6.07, 6.45) is 4.55. The molecule has 3 atom stereocenters. The van der Waals surface area contributed by atoms with Crippen molar-refractivity contribution in [3.05, 3.63) is 12.7 Å². The highest BCUT2D eigenvalue weighted by atomic mass is 16.6. The minimum Gasteiger partial charge on any atom is -0.455 e. The lowest BCUT2D eigenvalue weighted by Crippen LogP contribution is -2.46. The van der Waals surface area contributed by atoms with E-state index < -0.39 is 0 Å². The molecule has 0 aromatic heterocycles. The van der Waals surface area contributed by atoms with Gasteiger partial charge in [0.15, 0.2) is 0 Å². The second-order valence-electron chi connectivity index (χ2n) is 5.63. The molecule has 0 aromatic carbocycles. The zero-order valence-electron chi connectivity index (χ0n) is 9.88. The predicted molar refractivity (Wildman–Crippen MR) is 59.3 cm³/mol. The number of carbonyl (C=O) groups excluding carboxylic acids is 1. The zero-order chi connectivity index (χ0) is 11.3. The lowest BCUT2D eigenvalue weighted by Gasteiger charge is -2.44. The lowest BCUT2D eigenvalue weighted by atomic mass is 9.67. The van der Waals surface area contributed by atoms with Gasteiger partial charge < -0.3 is 4.74 Å². The molecule has 2 nitrogen and oxygen atoms in total. The minimum atomic E-state index is -0.266. The van der Waals surface area contributed by atoms with E-state index in [1.54, 1.807) is 0 Å². The Kier molecular flexibility index (Phi) is 2.21. The topological polar surface area (TPSA) is 26.3 Å². The van der Waals surface area contributed by atoms with Crippen molar-refractivity contribution in [2.24, 2.45) is 17.3 Å². The van der Waals surface area contributed by atoms with Crippen LogP contribution in [0.25, 0.3) is 0 Å². The first-order valence-corrected chi connectivity index (χ1v) is 5.78. The summed E-state index contributed by atoms with van der Waals surface area (Å²) in [5, 5.41) is 0. The Labute approximate surface area is 91.7 Å². The number of ether oxygens (including phenoxy) is 1. The van der Waals surface area contributed by atoms with Gasteiger partial charge in [0, 0.05) is 11.5 Å². The first-order valence-electron chi connectivity index (χ1n) is 5.78. The molecule has 2 saturated carbocycles. The maximum Gasteiger partial charge on any atom is 0.330 e. The van der Waals surface area contributed by atoms with Crippen molar-refractivity contribution in [3.8, 4) is 0 Å². The monoisotopic (exact) mass is 208 g/mol. The molecule has 84 valence electrons. The first kappa shape index (κ1) is 10.7. The SMILES string of the molecule is C=CC(=O)OC12CCC(C1)C(C)C2(C)C. The average molecular weight is 208 g/mol. The second kappa shape index (κ2) is 3.10. The molecular formula is C13H20O2. The van der Waals surface area contributed by atoms with Gasteiger partial charge in [-0.1, -0.05) is 27.4 Å². The largest absolute Gasteiger partial charge is 0.455 e. The van der Waals surface area contributed by atoms with Gasteiger partial charge in [0.25, 0.3) is 0 Å². The number of fused-ring (bicyclic) bond motifs is 2. The fourth-order valence-electron chi connectivity index (χ4n) is 3.52. The summed E-state index contributed by atoms with van der Waals surface area (Å²) in [7, 11) is 0.